The van der Waals surface area contributed by atoms with Crippen LogP contribution in [0.1, 0.15) is 39.0 Å². The monoisotopic (exact) mass is 544 g/mol. The van der Waals surface area contributed by atoms with Gasteiger partial charge in [0.25, 0.3) is 0 Å². The zero-order valence-electron chi connectivity index (χ0n) is 18.6. The molecule has 2 atom stereocenters. The second-order valence-electron chi connectivity index (χ2n) is 7.36. The molecule has 1 saturated heterocycles. The molecule has 2 aromatic rings. The number of likely N-dealkylation sites (N-methyl/N-ethyl adjacent to an activating group) is 1. The van der Waals surface area contributed by atoms with Gasteiger partial charge in [0, 0.05) is 31.9 Å². The van der Waals surface area contributed by atoms with Crippen LogP contribution in [-0.2, 0) is 0 Å². The fourth-order valence-electron chi connectivity index (χ4n) is 3.90. The predicted molar refractivity (Wildman–Crippen MR) is 134 cm³/mol. The highest BCUT2D eigenvalue weighted by atomic mass is 127. The maximum atomic E-state index is 14.1. The van der Waals surface area contributed by atoms with Gasteiger partial charge >= 0.3 is 0 Å². The zero-order valence-corrected chi connectivity index (χ0v) is 20.9. The van der Waals surface area contributed by atoms with Gasteiger partial charge in [0.05, 0.1) is 18.8 Å². The van der Waals surface area contributed by atoms with E-state index in [4.69, 9.17) is 9.41 Å². The number of hydrogen-bond acceptors (Lipinski definition) is 5. The molecule has 2 N–H and O–H groups in total. The first-order valence-electron chi connectivity index (χ1n) is 10.8. The van der Waals surface area contributed by atoms with Gasteiger partial charge in [-0.15, -0.1) is 24.0 Å². The van der Waals surface area contributed by atoms with Gasteiger partial charge in [0.15, 0.2) is 17.6 Å². The van der Waals surface area contributed by atoms with Crippen molar-refractivity contribution in [2.45, 2.75) is 39.3 Å². The van der Waals surface area contributed by atoms with E-state index in [1.807, 2.05) is 17.0 Å². The maximum absolute atomic E-state index is 14.1. The van der Waals surface area contributed by atoms with E-state index < -0.39 is 0 Å². The number of aliphatic imine (C=N–C) groups is 1. The molecular weight excluding hydrogens is 510 g/mol. The Hall–Kier alpha value is -1.88. The number of guanidine groups is 1. The fourth-order valence-corrected chi connectivity index (χ4v) is 3.90. The van der Waals surface area contributed by atoms with Crippen molar-refractivity contribution in [1.29, 1.82) is 0 Å². The normalized spacial score (nSPS) is 17.5. The van der Waals surface area contributed by atoms with Crippen LogP contribution in [0, 0.1) is 5.82 Å². The van der Waals surface area contributed by atoms with Crippen molar-refractivity contribution in [3.63, 3.8) is 0 Å². The average molecular weight is 544 g/mol. The molecule has 2 aromatic heterocycles. The Kier molecular flexibility index (Phi) is 10.5. The van der Waals surface area contributed by atoms with E-state index in [0.717, 1.165) is 44.3 Å². The lowest BCUT2D eigenvalue weighted by atomic mass is 10.2. The molecule has 1 fully saturated rings. The molecule has 0 amide bonds. The quantitative estimate of drug-likeness (QED) is 0.286. The third-order valence-electron chi connectivity index (χ3n) is 5.46. The van der Waals surface area contributed by atoms with Crippen LogP contribution in [0.15, 0.2) is 46.1 Å². The summed E-state index contributed by atoms with van der Waals surface area (Å²) in [7, 11) is 0. The molecule has 1 aliphatic rings. The third-order valence-corrected chi connectivity index (χ3v) is 5.46. The molecule has 0 bridgehead atoms. The summed E-state index contributed by atoms with van der Waals surface area (Å²) >= 11 is 0. The van der Waals surface area contributed by atoms with Crippen LogP contribution in [0.5, 0.6) is 0 Å². The highest BCUT2D eigenvalue weighted by molar-refractivity contribution is 14.0. The lowest BCUT2D eigenvalue weighted by Gasteiger charge is -2.27. The summed E-state index contributed by atoms with van der Waals surface area (Å²) in [5.41, 5.74) is 0. The first-order valence-corrected chi connectivity index (χ1v) is 10.8. The van der Waals surface area contributed by atoms with Gasteiger partial charge in [0.2, 0.25) is 0 Å². The van der Waals surface area contributed by atoms with E-state index in [2.05, 4.69) is 41.3 Å². The van der Waals surface area contributed by atoms with E-state index in [1.165, 1.54) is 6.07 Å². The second kappa shape index (κ2) is 12.8. The molecule has 3 rings (SSSR count). The minimum absolute atomic E-state index is 0. The first kappa shape index (κ1) is 25.4. The predicted octanol–water partition coefficient (Wildman–Crippen LogP) is 3.65. The van der Waals surface area contributed by atoms with E-state index >= 15 is 0 Å². The number of anilines is 1. The lowest BCUT2D eigenvalue weighted by Crippen LogP contribution is -2.45. The van der Waals surface area contributed by atoms with Crippen LogP contribution in [-0.4, -0.2) is 61.2 Å². The van der Waals surface area contributed by atoms with Crippen molar-refractivity contribution in [2.24, 2.45) is 4.99 Å². The van der Waals surface area contributed by atoms with E-state index in [0.29, 0.717) is 18.9 Å². The summed E-state index contributed by atoms with van der Waals surface area (Å²) in [5, 5.41) is 6.84. The number of rotatable bonds is 9. The molecule has 0 aromatic carbocycles. The van der Waals surface area contributed by atoms with E-state index in [1.54, 1.807) is 18.5 Å². The summed E-state index contributed by atoms with van der Waals surface area (Å²) in [6.45, 7) is 11.0. The molecule has 7 nitrogen and oxygen atoms in total. The van der Waals surface area contributed by atoms with E-state index in [-0.39, 0.29) is 41.9 Å². The number of aromatic nitrogens is 1. The number of pyridine rings is 1. The third kappa shape index (κ3) is 6.80. The van der Waals surface area contributed by atoms with Gasteiger partial charge in [-0.3, -0.25) is 9.89 Å². The maximum Gasteiger partial charge on any atom is 0.191 e. The number of nitrogens with zero attached hydrogens (tertiary/aromatic N) is 4. The highest BCUT2D eigenvalue weighted by Gasteiger charge is 2.26. The van der Waals surface area contributed by atoms with Crippen molar-refractivity contribution in [1.82, 2.24) is 20.5 Å². The van der Waals surface area contributed by atoms with Crippen molar-refractivity contribution >= 4 is 35.8 Å². The second-order valence-corrected chi connectivity index (χ2v) is 7.36. The Morgan fingerprint density at radius 1 is 1.32 bits per heavy atom. The number of halogens is 2. The van der Waals surface area contributed by atoms with Crippen molar-refractivity contribution in [3.8, 4) is 0 Å². The molecule has 172 valence electrons. The molecule has 1 aliphatic heterocycles. The lowest BCUT2D eigenvalue weighted by molar-refractivity contribution is 0.198. The molecule has 0 aliphatic carbocycles. The number of nitrogens with one attached hydrogen (secondary N) is 2. The molecule has 0 spiro atoms. The summed E-state index contributed by atoms with van der Waals surface area (Å²) in [5.74, 6) is 1.84. The van der Waals surface area contributed by atoms with Crippen LogP contribution < -0.4 is 15.5 Å². The van der Waals surface area contributed by atoms with Crippen LogP contribution in [0.25, 0.3) is 0 Å². The number of furan rings is 1. The fraction of sp³-hybridized carbons (Fsp3) is 0.545. The molecule has 31 heavy (non-hydrogen) atoms. The van der Waals surface area contributed by atoms with Crippen molar-refractivity contribution < 1.29 is 8.81 Å². The summed E-state index contributed by atoms with van der Waals surface area (Å²) in [4.78, 5) is 13.4. The Labute approximate surface area is 201 Å². The summed E-state index contributed by atoms with van der Waals surface area (Å²) in [6.07, 6.45) is 4.24. The smallest absolute Gasteiger partial charge is 0.191 e. The molecule has 3 heterocycles. The molecule has 0 saturated carbocycles. The summed E-state index contributed by atoms with van der Waals surface area (Å²) < 4.78 is 19.7. The molecule has 9 heteroatoms. The highest BCUT2D eigenvalue weighted by Crippen LogP contribution is 2.22. The van der Waals surface area contributed by atoms with E-state index in [9.17, 15) is 4.39 Å². The van der Waals surface area contributed by atoms with Crippen molar-refractivity contribution in [3.05, 3.63) is 48.3 Å². The average Bonchev–Trinajstić information content (AvgIpc) is 3.44. The Morgan fingerprint density at radius 2 is 2.13 bits per heavy atom. The SMILES string of the molecule is CCNC(=NCC(c1ccco1)N(CC)CC)NC1CCN(c2ncccc2F)C1.I. The van der Waals surface area contributed by atoms with Crippen LogP contribution >= 0.6 is 24.0 Å². The van der Waals surface area contributed by atoms with Crippen LogP contribution in [0.3, 0.4) is 0 Å². The molecular formula is C22H34FIN6O. The van der Waals surface area contributed by atoms with Gasteiger partial charge in [-0.25, -0.2) is 9.37 Å². The molecule has 0 radical (unpaired) electrons. The first-order chi connectivity index (χ1) is 14.7. The minimum Gasteiger partial charge on any atom is -0.468 e. The summed E-state index contributed by atoms with van der Waals surface area (Å²) in [6, 6.07) is 7.27. The molecule has 2 unspecified atom stereocenters. The van der Waals surface area contributed by atoms with Gasteiger partial charge in [-0.05, 0) is 50.7 Å². The Morgan fingerprint density at radius 3 is 2.77 bits per heavy atom. The van der Waals surface area contributed by atoms with Gasteiger partial charge < -0.3 is 20.0 Å². The number of hydrogen-bond donors (Lipinski definition) is 2. The van der Waals surface area contributed by atoms with Crippen LogP contribution in [0.2, 0.25) is 0 Å². The minimum atomic E-state index is -0.278. The topological polar surface area (TPSA) is 68.9 Å². The van der Waals surface area contributed by atoms with Crippen LogP contribution in [0.4, 0.5) is 10.2 Å². The Bertz CT molecular complexity index is 799. The van der Waals surface area contributed by atoms with Crippen molar-refractivity contribution in [2.75, 3.05) is 44.2 Å². The van der Waals surface area contributed by atoms with Gasteiger partial charge in [0.1, 0.15) is 5.76 Å². The van der Waals surface area contributed by atoms with Gasteiger partial charge in [-0.2, -0.15) is 0 Å². The zero-order chi connectivity index (χ0) is 21.3. The van der Waals surface area contributed by atoms with Gasteiger partial charge in [-0.1, -0.05) is 13.8 Å². The Balaban J connectivity index is 0.00000341. The standard InChI is InChI=1S/C22H33FN6O.HI/c1-4-24-22(26-15-19(28(5-2)6-3)20-10-8-14-30-20)27-17-11-13-29(16-17)21-18(23)9-7-12-25-21;/h7-10,12,14,17,19H,4-6,11,13,15-16H2,1-3H3,(H2,24,26,27);1H. The largest absolute Gasteiger partial charge is 0.468 e.